The van der Waals surface area contributed by atoms with E-state index in [2.05, 4.69) is 16.8 Å². The summed E-state index contributed by atoms with van der Waals surface area (Å²) in [5, 5.41) is 5.21. The third kappa shape index (κ3) is 2.74. The van der Waals surface area contributed by atoms with Crippen molar-refractivity contribution >= 4 is 22.9 Å². The van der Waals surface area contributed by atoms with Crippen molar-refractivity contribution < 1.29 is 9.53 Å². The number of thiophene rings is 1. The van der Waals surface area contributed by atoms with Crippen LogP contribution in [-0.4, -0.2) is 13.0 Å². The number of amides is 1. The molecule has 21 heavy (non-hydrogen) atoms. The number of hydrogen-bond donors (Lipinski definition) is 2. The van der Waals surface area contributed by atoms with E-state index in [0.717, 1.165) is 19.3 Å². The van der Waals surface area contributed by atoms with Gasteiger partial charge in [0.2, 0.25) is 0 Å². The number of aryl methyl sites for hydroxylation is 1. The molecular weight excluding hydrogens is 284 g/mol. The molecule has 2 aromatic rings. The van der Waals surface area contributed by atoms with Crippen molar-refractivity contribution in [3.05, 3.63) is 45.6 Å². The molecule has 3 N–H and O–H groups in total. The summed E-state index contributed by atoms with van der Waals surface area (Å²) >= 11 is 1.77. The summed E-state index contributed by atoms with van der Waals surface area (Å²) in [5.41, 5.74) is 8.17. The quantitative estimate of drug-likeness (QED) is 0.856. The van der Waals surface area contributed by atoms with Crippen LogP contribution in [0.2, 0.25) is 0 Å². The summed E-state index contributed by atoms with van der Waals surface area (Å²) < 4.78 is 5.11. The van der Waals surface area contributed by atoms with Crippen LogP contribution in [0.1, 0.15) is 39.7 Å². The van der Waals surface area contributed by atoms with Crippen molar-refractivity contribution in [3.8, 4) is 5.75 Å². The summed E-state index contributed by atoms with van der Waals surface area (Å²) in [6, 6.07) is 7.34. The molecule has 0 bridgehead atoms. The van der Waals surface area contributed by atoms with Gasteiger partial charge in [-0.15, -0.1) is 11.3 Å². The Morgan fingerprint density at radius 2 is 2.29 bits per heavy atom. The zero-order valence-electron chi connectivity index (χ0n) is 11.9. The number of nitrogen functional groups attached to an aromatic ring is 1. The smallest absolute Gasteiger partial charge is 0.251 e. The molecule has 0 spiro atoms. The number of hydrogen-bond acceptors (Lipinski definition) is 4. The standard InChI is InChI=1S/C16H18N2O2S/c1-20-14-6-5-10(9-12(14)17)16(19)18-13-3-2-4-15-11(13)7-8-21-15/h5-9,13H,2-4,17H2,1H3,(H,18,19). The van der Waals surface area contributed by atoms with Gasteiger partial charge in [0.15, 0.2) is 0 Å². The average molecular weight is 302 g/mol. The van der Waals surface area contributed by atoms with Crippen LogP contribution < -0.4 is 15.8 Å². The lowest BCUT2D eigenvalue weighted by atomic mass is 9.94. The van der Waals surface area contributed by atoms with Crippen LogP contribution in [0.15, 0.2) is 29.6 Å². The van der Waals surface area contributed by atoms with Gasteiger partial charge in [-0.05, 0) is 54.5 Å². The molecule has 0 fully saturated rings. The van der Waals surface area contributed by atoms with Gasteiger partial charge in [-0.3, -0.25) is 4.79 Å². The number of rotatable bonds is 3. The van der Waals surface area contributed by atoms with E-state index in [0.29, 0.717) is 17.0 Å². The summed E-state index contributed by atoms with van der Waals surface area (Å²) in [7, 11) is 1.56. The fourth-order valence-electron chi connectivity index (χ4n) is 2.75. The molecule has 1 aromatic heterocycles. The highest BCUT2D eigenvalue weighted by atomic mass is 32.1. The monoisotopic (exact) mass is 302 g/mol. The Balaban J connectivity index is 1.77. The Bertz CT molecular complexity index is 666. The number of ether oxygens (including phenoxy) is 1. The molecule has 3 rings (SSSR count). The normalized spacial score (nSPS) is 17.1. The average Bonchev–Trinajstić information content (AvgIpc) is 2.96. The lowest BCUT2D eigenvalue weighted by Crippen LogP contribution is -2.30. The maximum atomic E-state index is 12.4. The lowest BCUT2D eigenvalue weighted by molar-refractivity contribution is 0.0933. The molecule has 0 saturated carbocycles. The van der Waals surface area contributed by atoms with Gasteiger partial charge < -0.3 is 15.8 Å². The van der Waals surface area contributed by atoms with Crippen LogP contribution in [0.25, 0.3) is 0 Å². The molecule has 0 aliphatic heterocycles. The first-order valence-electron chi connectivity index (χ1n) is 6.99. The molecule has 0 saturated heterocycles. The largest absolute Gasteiger partial charge is 0.495 e. The van der Waals surface area contributed by atoms with Gasteiger partial charge in [0.1, 0.15) is 5.75 Å². The Labute approximate surface area is 127 Å². The predicted molar refractivity (Wildman–Crippen MR) is 84.9 cm³/mol. The first kappa shape index (κ1) is 13.9. The summed E-state index contributed by atoms with van der Waals surface area (Å²) in [4.78, 5) is 13.8. The number of fused-ring (bicyclic) bond motifs is 1. The molecule has 1 aliphatic rings. The number of carbonyl (C=O) groups excluding carboxylic acids is 1. The molecule has 1 aliphatic carbocycles. The van der Waals surface area contributed by atoms with E-state index in [-0.39, 0.29) is 11.9 Å². The molecule has 4 nitrogen and oxygen atoms in total. The lowest BCUT2D eigenvalue weighted by Gasteiger charge is -2.23. The van der Waals surface area contributed by atoms with Crippen LogP contribution in [0.4, 0.5) is 5.69 Å². The van der Waals surface area contributed by atoms with Crippen molar-refractivity contribution in [2.24, 2.45) is 0 Å². The molecule has 5 heteroatoms. The molecule has 0 radical (unpaired) electrons. The number of carbonyl (C=O) groups is 1. The zero-order chi connectivity index (χ0) is 14.8. The number of anilines is 1. The van der Waals surface area contributed by atoms with Crippen molar-refractivity contribution in [2.45, 2.75) is 25.3 Å². The van der Waals surface area contributed by atoms with Gasteiger partial charge in [-0.1, -0.05) is 0 Å². The minimum atomic E-state index is -0.0894. The number of methoxy groups -OCH3 is 1. The van der Waals surface area contributed by atoms with Crippen LogP contribution in [0.3, 0.4) is 0 Å². The molecule has 110 valence electrons. The van der Waals surface area contributed by atoms with Crippen molar-refractivity contribution in [2.75, 3.05) is 12.8 Å². The minimum Gasteiger partial charge on any atom is -0.495 e. The fourth-order valence-corrected chi connectivity index (χ4v) is 3.74. The first-order valence-corrected chi connectivity index (χ1v) is 7.87. The van der Waals surface area contributed by atoms with Crippen LogP contribution >= 0.6 is 11.3 Å². The topological polar surface area (TPSA) is 64.3 Å². The second-order valence-electron chi connectivity index (χ2n) is 5.17. The molecule has 1 aromatic carbocycles. The summed E-state index contributed by atoms with van der Waals surface area (Å²) in [6.45, 7) is 0. The Hall–Kier alpha value is -2.01. The highest BCUT2D eigenvalue weighted by molar-refractivity contribution is 7.10. The highest BCUT2D eigenvalue weighted by Gasteiger charge is 2.23. The Kier molecular flexibility index (Phi) is 3.84. The van der Waals surface area contributed by atoms with Gasteiger partial charge in [0.25, 0.3) is 5.91 Å². The summed E-state index contributed by atoms with van der Waals surface area (Å²) in [6.07, 6.45) is 3.22. The predicted octanol–water partition coefficient (Wildman–Crippen LogP) is 3.15. The number of benzene rings is 1. The molecule has 1 heterocycles. The van der Waals surface area contributed by atoms with Gasteiger partial charge >= 0.3 is 0 Å². The molecule has 1 atom stereocenters. The minimum absolute atomic E-state index is 0.0894. The van der Waals surface area contributed by atoms with Gasteiger partial charge in [-0.25, -0.2) is 0 Å². The van der Waals surface area contributed by atoms with E-state index in [4.69, 9.17) is 10.5 Å². The fraction of sp³-hybridized carbons (Fsp3) is 0.312. The van der Waals surface area contributed by atoms with E-state index in [1.807, 2.05) is 0 Å². The van der Waals surface area contributed by atoms with E-state index >= 15 is 0 Å². The second kappa shape index (κ2) is 5.77. The third-order valence-electron chi connectivity index (χ3n) is 3.85. The van der Waals surface area contributed by atoms with E-state index < -0.39 is 0 Å². The zero-order valence-corrected chi connectivity index (χ0v) is 12.7. The van der Waals surface area contributed by atoms with Gasteiger partial charge in [0, 0.05) is 10.4 Å². The molecule has 1 amide bonds. The second-order valence-corrected chi connectivity index (χ2v) is 6.17. The van der Waals surface area contributed by atoms with E-state index in [9.17, 15) is 4.79 Å². The summed E-state index contributed by atoms with van der Waals surface area (Å²) in [5.74, 6) is 0.498. The third-order valence-corrected chi connectivity index (χ3v) is 4.85. The van der Waals surface area contributed by atoms with Crippen molar-refractivity contribution in [1.82, 2.24) is 5.32 Å². The van der Waals surface area contributed by atoms with Gasteiger partial charge in [0.05, 0.1) is 18.8 Å². The Morgan fingerprint density at radius 3 is 3.05 bits per heavy atom. The number of nitrogens with two attached hydrogens (primary N) is 1. The SMILES string of the molecule is COc1ccc(C(=O)NC2CCCc3sccc32)cc1N. The van der Waals surface area contributed by atoms with Crippen LogP contribution in [0, 0.1) is 0 Å². The highest BCUT2D eigenvalue weighted by Crippen LogP contribution is 2.33. The number of nitrogens with one attached hydrogen (secondary N) is 1. The van der Waals surface area contributed by atoms with Crippen LogP contribution in [0.5, 0.6) is 5.75 Å². The molecule has 1 unspecified atom stereocenters. The van der Waals surface area contributed by atoms with Crippen molar-refractivity contribution in [3.63, 3.8) is 0 Å². The first-order chi connectivity index (χ1) is 10.2. The Morgan fingerprint density at radius 1 is 1.43 bits per heavy atom. The van der Waals surface area contributed by atoms with E-state index in [1.165, 1.54) is 10.4 Å². The maximum absolute atomic E-state index is 12.4. The maximum Gasteiger partial charge on any atom is 0.251 e. The van der Waals surface area contributed by atoms with Crippen molar-refractivity contribution in [1.29, 1.82) is 0 Å². The van der Waals surface area contributed by atoms with Gasteiger partial charge in [-0.2, -0.15) is 0 Å². The van der Waals surface area contributed by atoms with E-state index in [1.54, 1.807) is 36.6 Å². The van der Waals surface area contributed by atoms with Crippen LogP contribution in [-0.2, 0) is 6.42 Å². The molecular formula is C16H18N2O2S.